The first kappa shape index (κ1) is 8.01. The van der Waals surface area contributed by atoms with Crippen LogP contribution in [-0.2, 0) is 6.42 Å². The second kappa shape index (κ2) is 2.82. The molecule has 1 aromatic heterocycles. The Balaban J connectivity index is 1.83. The lowest BCUT2D eigenvalue weighted by molar-refractivity contribution is 0.527. The molecule has 0 aromatic carbocycles. The molecule has 0 aliphatic heterocycles. The first-order valence-corrected chi connectivity index (χ1v) is 6.00. The van der Waals surface area contributed by atoms with E-state index in [4.69, 9.17) is 0 Å². The van der Waals surface area contributed by atoms with Gasteiger partial charge >= 0.3 is 0 Å². The second-order valence-corrected chi connectivity index (χ2v) is 5.61. The third-order valence-electron chi connectivity index (χ3n) is 3.01. The molecule has 1 nitrogen and oxygen atoms in total. The maximum absolute atomic E-state index is 3.73. The molecular weight excluding hydrogens is 178 g/mol. The van der Waals surface area contributed by atoms with Gasteiger partial charge < -0.3 is 5.32 Å². The van der Waals surface area contributed by atoms with Gasteiger partial charge in [-0.2, -0.15) is 0 Å². The van der Waals surface area contributed by atoms with Crippen molar-refractivity contribution >= 4 is 11.3 Å². The van der Waals surface area contributed by atoms with Crippen molar-refractivity contribution in [3.63, 3.8) is 0 Å². The molecule has 2 aliphatic rings. The van der Waals surface area contributed by atoms with Crippen LogP contribution in [0, 0.1) is 6.92 Å². The molecule has 1 saturated carbocycles. The fraction of sp³-hybridized carbons (Fsp3) is 0.636. The van der Waals surface area contributed by atoms with Crippen molar-refractivity contribution in [2.24, 2.45) is 0 Å². The summed E-state index contributed by atoms with van der Waals surface area (Å²) in [5, 5.41) is 3.73. The van der Waals surface area contributed by atoms with Crippen molar-refractivity contribution in [1.82, 2.24) is 5.32 Å². The van der Waals surface area contributed by atoms with Crippen molar-refractivity contribution in [1.29, 1.82) is 0 Å². The van der Waals surface area contributed by atoms with Gasteiger partial charge in [0.2, 0.25) is 0 Å². The van der Waals surface area contributed by atoms with Crippen LogP contribution in [-0.4, -0.2) is 6.04 Å². The monoisotopic (exact) mass is 193 g/mol. The highest BCUT2D eigenvalue weighted by atomic mass is 32.1. The van der Waals surface area contributed by atoms with E-state index in [0.29, 0.717) is 6.04 Å². The number of aryl methyl sites for hydroxylation is 2. The third-order valence-corrected chi connectivity index (χ3v) is 4.14. The van der Waals surface area contributed by atoms with Gasteiger partial charge in [-0.25, -0.2) is 0 Å². The number of rotatable bonds is 2. The number of fused-ring (bicyclic) bond motifs is 1. The molecule has 3 rings (SSSR count). The predicted molar refractivity (Wildman–Crippen MR) is 56.3 cm³/mol. The van der Waals surface area contributed by atoms with Gasteiger partial charge in [0.25, 0.3) is 0 Å². The quantitative estimate of drug-likeness (QED) is 0.761. The van der Waals surface area contributed by atoms with Gasteiger partial charge in [0.15, 0.2) is 0 Å². The summed E-state index contributed by atoms with van der Waals surface area (Å²) in [6, 6.07) is 3.91. The van der Waals surface area contributed by atoms with Gasteiger partial charge in [-0.1, -0.05) is 0 Å². The Morgan fingerprint density at radius 3 is 3.00 bits per heavy atom. The van der Waals surface area contributed by atoms with E-state index in [2.05, 4.69) is 18.3 Å². The van der Waals surface area contributed by atoms with Crippen LogP contribution in [0.25, 0.3) is 0 Å². The zero-order valence-electron chi connectivity index (χ0n) is 7.97. The molecule has 70 valence electrons. The number of hydrogen-bond donors (Lipinski definition) is 1. The average Bonchev–Trinajstić information content (AvgIpc) is 2.73. The van der Waals surface area contributed by atoms with Crippen LogP contribution in [0.5, 0.6) is 0 Å². The maximum atomic E-state index is 3.73. The van der Waals surface area contributed by atoms with Crippen LogP contribution < -0.4 is 5.32 Å². The zero-order valence-corrected chi connectivity index (χ0v) is 8.79. The molecule has 1 atom stereocenters. The van der Waals surface area contributed by atoms with E-state index < -0.39 is 0 Å². The molecule has 1 unspecified atom stereocenters. The standard InChI is InChI=1S/C11H15NS/c1-7-6-9-10(12-8-2-3-8)4-5-11(9)13-7/h6,8,10,12H,2-5H2,1H3. The summed E-state index contributed by atoms with van der Waals surface area (Å²) < 4.78 is 0. The fourth-order valence-electron chi connectivity index (χ4n) is 2.21. The van der Waals surface area contributed by atoms with E-state index in [0.717, 1.165) is 6.04 Å². The molecule has 0 bridgehead atoms. The Morgan fingerprint density at radius 2 is 2.23 bits per heavy atom. The second-order valence-electron chi connectivity index (χ2n) is 4.27. The smallest absolute Gasteiger partial charge is 0.0337 e. The number of nitrogens with one attached hydrogen (secondary N) is 1. The van der Waals surface area contributed by atoms with Crippen LogP contribution in [0.3, 0.4) is 0 Å². The Hall–Kier alpha value is -0.340. The summed E-state index contributed by atoms with van der Waals surface area (Å²) in [7, 11) is 0. The molecular formula is C11H15NS. The molecule has 2 aliphatic carbocycles. The van der Waals surface area contributed by atoms with Gasteiger partial charge in [0.1, 0.15) is 0 Å². The van der Waals surface area contributed by atoms with E-state index in [1.165, 1.54) is 30.6 Å². The van der Waals surface area contributed by atoms with Crippen LogP contribution in [0.4, 0.5) is 0 Å². The normalized spacial score (nSPS) is 26.4. The highest BCUT2D eigenvalue weighted by molar-refractivity contribution is 7.12. The Labute approximate surface area is 83.2 Å². The van der Waals surface area contributed by atoms with E-state index in [1.807, 2.05) is 11.3 Å². The van der Waals surface area contributed by atoms with Crippen molar-refractivity contribution < 1.29 is 0 Å². The zero-order chi connectivity index (χ0) is 8.84. The third kappa shape index (κ3) is 1.42. The van der Waals surface area contributed by atoms with E-state index >= 15 is 0 Å². The maximum Gasteiger partial charge on any atom is 0.0337 e. The first-order valence-electron chi connectivity index (χ1n) is 5.18. The summed E-state index contributed by atoms with van der Waals surface area (Å²) in [5.74, 6) is 0. The summed E-state index contributed by atoms with van der Waals surface area (Å²) in [5.41, 5.74) is 1.61. The SMILES string of the molecule is Cc1cc2c(s1)CCC2NC1CC1. The minimum absolute atomic E-state index is 0.687. The lowest BCUT2D eigenvalue weighted by atomic mass is 10.1. The Morgan fingerprint density at radius 1 is 1.38 bits per heavy atom. The first-order chi connectivity index (χ1) is 6.33. The highest BCUT2D eigenvalue weighted by Gasteiger charge is 2.30. The topological polar surface area (TPSA) is 12.0 Å². The molecule has 1 aromatic rings. The van der Waals surface area contributed by atoms with Gasteiger partial charge in [-0.15, -0.1) is 11.3 Å². The molecule has 0 spiro atoms. The van der Waals surface area contributed by atoms with Gasteiger partial charge in [0, 0.05) is 21.8 Å². The predicted octanol–water partition coefficient (Wildman–Crippen LogP) is 2.80. The molecule has 1 heterocycles. The van der Waals surface area contributed by atoms with Crippen molar-refractivity contribution in [3.05, 3.63) is 21.4 Å². The average molecular weight is 193 g/mol. The minimum atomic E-state index is 0.687. The van der Waals surface area contributed by atoms with Crippen LogP contribution in [0.15, 0.2) is 6.07 Å². The lowest BCUT2D eigenvalue weighted by Crippen LogP contribution is -2.20. The largest absolute Gasteiger partial charge is 0.307 e. The molecule has 1 N–H and O–H groups in total. The van der Waals surface area contributed by atoms with Crippen molar-refractivity contribution in [2.75, 3.05) is 0 Å². The van der Waals surface area contributed by atoms with Crippen LogP contribution in [0.1, 0.15) is 40.6 Å². The number of hydrogen-bond acceptors (Lipinski definition) is 2. The van der Waals surface area contributed by atoms with Crippen molar-refractivity contribution in [2.45, 2.75) is 44.7 Å². The molecule has 0 saturated heterocycles. The van der Waals surface area contributed by atoms with E-state index in [-0.39, 0.29) is 0 Å². The number of thiophene rings is 1. The molecule has 2 heteroatoms. The summed E-state index contributed by atoms with van der Waals surface area (Å²) in [6.45, 7) is 2.22. The lowest BCUT2D eigenvalue weighted by Gasteiger charge is -2.11. The Kier molecular flexibility index (Phi) is 1.74. The van der Waals surface area contributed by atoms with E-state index in [1.54, 1.807) is 10.4 Å². The Bertz CT molecular complexity index is 325. The molecule has 0 amide bonds. The van der Waals surface area contributed by atoms with E-state index in [9.17, 15) is 0 Å². The van der Waals surface area contributed by atoms with Crippen molar-refractivity contribution in [3.8, 4) is 0 Å². The molecule has 1 fully saturated rings. The minimum Gasteiger partial charge on any atom is -0.307 e. The van der Waals surface area contributed by atoms with Crippen LogP contribution in [0.2, 0.25) is 0 Å². The van der Waals surface area contributed by atoms with Gasteiger partial charge in [-0.3, -0.25) is 0 Å². The molecule has 0 radical (unpaired) electrons. The molecule has 13 heavy (non-hydrogen) atoms. The fourth-order valence-corrected chi connectivity index (χ4v) is 3.32. The van der Waals surface area contributed by atoms with Gasteiger partial charge in [-0.05, 0) is 44.2 Å². The summed E-state index contributed by atoms with van der Waals surface area (Å²) in [6.07, 6.45) is 5.43. The van der Waals surface area contributed by atoms with Crippen LogP contribution >= 0.6 is 11.3 Å². The van der Waals surface area contributed by atoms with Gasteiger partial charge in [0.05, 0.1) is 0 Å². The highest BCUT2D eigenvalue weighted by Crippen LogP contribution is 2.38. The summed E-state index contributed by atoms with van der Waals surface area (Å²) in [4.78, 5) is 3.11. The summed E-state index contributed by atoms with van der Waals surface area (Å²) >= 11 is 1.99.